The molecule has 1 aromatic rings. The van der Waals surface area contributed by atoms with Crippen molar-refractivity contribution in [3.05, 3.63) is 23.5 Å². The molecule has 3 atom stereocenters. The van der Waals surface area contributed by atoms with Crippen molar-refractivity contribution in [2.24, 2.45) is 0 Å². The van der Waals surface area contributed by atoms with E-state index in [0.717, 1.165) is 0 Å². The highest BCUT2D eigenvalue weighted by Gasteiger charge is 2.21. The van der Waals surface area contributed by atoms with Gasteiger partial charge in [0.15, 0.2) is 11.5 Å². The lowest BCUT2D eigenvalue weighted by Gasteiger charge is -2.20. The van der Waals surface area contributed by atoms with E-state index in [-0.39, 0.29) is 12.3 Å². The molecular formula is C14H21FO4. The van der Waals surface area contributed by atoms with Crippen LogP contribution < -0.4 is 9.47 Å². The molecule has 0 bridgehead atoms. The summed E-state index contributed by atoms with van der Waals surface area (Å²) in [5.74, 6) is 0.108. The number of halogens is 1. The second-order valence-corrected chi connectivity index (χ2v) is 4.67. The summed E-state index contributed by atoms with van der Waals surface area (Å²) in [5, 5.41) is 18.9. The maximum absolute atomic E-state index is 14.0. The van der Waals surface area contributed by atoms with E-state index >= 15 is 0 Å². The van der Waals surface area contributed by atoms with Gasteiger partial charge in [-0.1, -0.05) is 6.92 Å². The molecule has 1 aromatic carbocycles. The normalized spacial score (nSPS) is 15.7. The van der Waals surface area contributed by atoms with Crippen molar-refractivity contribution in [2.75, 3.05) is 14.2 Å². The molecule has 0 fully saturated rings. The number of aliphatic hydroxyl groups excluding tert-OH is 2. The molecule has 0 radical (unpaired) electrons. The van der Waals surface area contributed by atoms with Gasteiger partial charge in [-0.25, -0.2) is 4.39 Å². The first kappa shape index (κ1) is 15.7. The van der Waals surface area contributed by atoms with Crippen LogP contribution in [0.5, 0.6) is 11.5 Å². The van der Waals surface area contributed by atoms with Crippen molar-refractivity contribution in [1.82, 2.24) is 0 Å². The van der Waals surface area contributed by atoms with Gasteiger partial charge in [-0.05, 0) is 30.9 Å². The molecule has 2 N–H and O–H groups in total. The zero-order chi connectivity index (χ0) is 14.6. The molecule has 0 saturated heterocycles. The molecule has 3 unspecified atom stereocenters. The van der Waals surface area contributed by atoms with Crippen LogP contribution in [0.1, 0.15) is 31.7 Å². The van der Waals surface area contributed by atoms with Crippen molar-refractivity contribution in [3.63, 3.8) is 0 Å². The Labute approximate surface area is 112 Å². The van der Waals surface area contributed by atoms with Crippen LogP contribution in [0, 0.1) is 5.82 Å². The number of methoxy groups -OCH3 is 2. The van der Waals surface area contributed by atoms with Gasteiger partial charge in [0.25, 0.3) is 0 Å². The fourth-order valence-corrected chi connectivity index (χ4v) is 1.93. The zero-order valence-electron chi connectivity index (χ0n) is 11.7. The number of benzene rings is 1. The predicted molar refractivity (Wildman–Crippen MR) is 70.2 cm³/mol. The Morgan fingerprint density at radius 2 is 1.63 bits per heavy atom. The highest BCUT2D eigenvalue weighted by Crippen LogP contribution is 2.34. The number of aliphatic hydroxyl groups is 2. The topological polar surface area (TPSA) is 58.9 Å². The Kier molecular flexibility index (Phi) is 5.57. The first-order valence-electron chi connectivity index (χ1n) is 6.18. The van der Waals surface area contributed by atoms with E-state index in [1.165, 1.54) is 27.2 Å². The monoisotopic (exact) mass is 272 g/mol. The first-order valence-corrected chi connectivity index (χ1v) is 6.18. The molecule has 0 amide bonds. The molecule has 5 heteroatoms. The standard InChI is InChI=1S/C14H21FO4/c1-8(5-12(17)9(2)16)10-6-13(18-3)14(19-4)7-11(10)15/h6-9,12,16-17H,5H2,1-4H3. The van der Waals surface area contributed by atoms with E-state index in [1.54, 1.807) is 13.0 Å². The molecule has 0 aliphatic rings. The van der Waals surface area contributed by atoms with Crippen LogP contribution in [-0.2, 0) is 0 Å². The molecule has 1 rings (SSSR count). The van der Waals surface area contributed by atoms with E-state index in [0.29, 0.717) is 17.1 Å². The van der Waals surface area contributed by atoms with E-state index in [1.807, 2.05) is 0 Å². The van der Waals surface area contributed by atoms with Crippen LogP contribution >= 0.6 is 0 Å². The van der Waals surface area contributed by atoms with Crippen molar-refractivity contribution in [1.29, 1.82) is 0 Å². The molecular weight excluding hydrogens is 251 g/mol. The average molecular weight is 272 g/mol. The van der Waals surface area contributed by atoms with E-state index in [2.05, 4.69) is 0 Å². The Morgan fingerprint density at radius 3 is 2.11 bits per heavy atom. The van der Waals surface area contributed by atoms with Crippen LogP contribution in [0.25, 0.3) is 0 Å². The fourth-order valence-electron chi connectivity index (χ4n) is 1.93. The molecule has 4 nitrogen and oxygen atoms in total. The fraction of sp³-hybridized carbons (Fsp3) is 0.571. The quantitative estimate of drug-likeness (QED) is 0.832. The summed E-state index contributed by atoms with van der Waals surface area (Å²) in [6.45, 7) is 3.29. The van der Waals surface area contributed by atoms with Gasteiger partial charge in [0.05, 0.1) is 26.4 Å². The molecule has 0 aromatic heterocycles. The Balaban J connectivity index is 2.99. The second kappa shape index (κ2) is 6.73. The molecule has 0 aliphatic carbocycles. The van der Waals surface area contributed by atoms with Gasteiger partial charge in [-0.2, -0.15) is 0 Å². The maximum atomic E-state index is 14.0. The minimum Gasteiger partial charge on any atom is -0.493 e. The van der Waals surface area contributed by atoms with Gasteiger partial charge in [0, 0.05) is 6.07 Å². The van der Waals surface area contributed by atoms with Crippen molar-refractivity contribution in [2.45, 2.75) is 38.4 Å². The lowest BCUT2D eigenvalue weighted by Crippen LogP contribution is -2.24. The lowest BCUT2D eigenvalue weighted by atomic mass is 9.92. The van der Waals surface area contributed by atoms with Crippen molar-refractivity contribution >= 4 is 0 Å². The van der Waals surface area contributed by atoms with Gasteiger partial charge in [0.1, 0.15) is 5.82 Å². The molecule has 0 aliphatic heterocycles. The summed E-state index contributed by atoms with van der Waals surface area (Å²) in [6, 6.07) is 2.83. The summed E-state index contributed by atoms with van der Waals surface area (Å²) in [5.41, 5.74) is 0.428. The summed E-state index contributed by atoms with van der Waals surface area (Å²) >= 11 is 0. The van der Waals surface area contributed by atoms with Gasteiger partial charge < -0.3 is 19.7 Å². The van der Waals surface area contributed by atoms with E-state index in [9.17, 15) is 14.6 Å². The minimum absolute atomic E-state index is 0.246. The number of ether oxygens (including phenoxy) is 2. The lowest BCUT2D eigenvalue weighted by molar-refractivity contribution is 0.0225. The van der Waals surface area contributed by atoms with Crippen LogP contribution in [0.4, 0.5) is 4.39 Å². The summed E-state index contributed by atoms with van der Waals surface area (Å²) in [4.78, 5) is 0. The summed E-state index contributed by atoms with van der Waals surface area (Å²) < 4.78 is 24.1. The third kappa shape index (κ3) is 3.81. The Morgan fingerprint density at radius 1 is 1.11 bits per heavy atom. The molecule has 108 valence electrons. The van der Waals surface area contributed by atoms with E-state index < -0.39 is 18.0 Å². The largest absolute Gasteiger partial charge is 0.493 e. The van der Waals surface area contributed by atoms with Crippen LogP contribution in [0.3, 0.4) is 0 Å². The highest BCUT2D eigenvalue weighted by atomic mass is 19.1. The third-order valence-corrected chi connectivity index (χ3v) is 3.19. The molecule has 0 heterocycles. The Bertz CT molecular complexity index is 420. The maximum Gasteiger partial charge on any atom is 0.163 e. The predicted octanol–water partition coefficient (Wildman–Crippen LogP) is 2.08. The zero-order valence-corrected chi connectivity index (χ0v) is 11.7. The van der Waals surface area contributed by atoms with Crippen LogP contribution in [0.15, 0.2) is 12.1 Å². The van der Waals surface area contributed by atoms with Crippen molar-refractivity contribution < 1.29 is 24.1 Å². The average Bonchev–Trinajstić information content (AvgIpc) is 2.37. The van der Waals surface area contributed by atoms with Gasteiger partial charge in [-0.15, -0.1) is 0 Å². The van der Waals surface area contributed by atoms with Gasteiger partial charge in [-0.3, -0.25) is 0 Å². The second-order valence-electron chi connectivity index (χ2n) is 4.67. The molecule has 19 heavy (non-hydrogen) atoms. The van der Waals surface area contributed by atoms with Gasteiger partial charge >= 0.3 is 0 Å². The van der Waals surface area contributed by atoms with Gasteiger partial charge in [0.2, 0.25) is 0 Å². The summed E-state index contributed by atoms with van der Waals surface area (Å²) in [7, 11) is 2.92. The Hall–Kier alpha value is -1.33. The SMILES string of the molecule is COc1cc(F)c(C(C)CC(O)C(C)O)cc1OC. The number of hydrogen-bond donors (Lipinski definition) is 2. The summed E-state index contributed by atoms with van der Waals surface area (Å²) in [6.07, 6.45) is -1.46. The molecule has 0 spiro atoms. The van der Waals surface area contributed by atoms with Crippen molar-refractivity contribution in [3.8, 4) is 11.5 Å². The smallest absolute Gasteiger partial charge is 0.163 e. The first-order chi connectivity index (χ1) is 8.90. The minimum atomic E-state index is -0.887. The molecule has 0 saturated carbocycles. The number of rotatable bonds is 6. The highest BCUT2D eigenvalue weighted by molar-refractivity contribution is 5.44. The third-order valence-electron chi connectivity index (χ3n) is 3.19. The van der Waals surface area contributed by atoms with Crippen LogP contribution in [-0.4, -0.2) is 36.6 Å². The van der Waals surface area contributed by atoms with E-state index in [4.69, 9.17) is 9.47 Å². The number of hydrogen-bond acceptors (Lipinski definition) is 4. The van der Waals surface area contributed by atoms with Crippen LogP contribution in [0.2, 0.25) is 0 Å².